The van der Waals surface area contributed by atoms with E-state index in [0.717, 1.165) is 33.4 Å². The first kappa shape index (κ1) is 31.5. The van der Waals surface area contributed by atoms with E-state index in [4.69, 9.17) is 18.9 Å². The largest absolute Gasteiger partial charge is 0.459 e. The van der Waals surface area contributed by atoms with E-state index < -0.39 is 73.6 Å². The van der Waals surface area contributed by atoms with Gasteiger partial charge in [-0.05, 0) is 76.6 Å². The molecule has 0 bridgehead atoms. The minimum absolute atomic E-state index is 0.214. The van der Waals surface area contributed by atoms with Gasteiger partial charge in [-0.25, -0.2) is 0 Å². The molecule has 12 nitrogen and oxygen atoms in total. The van der Waals surface area contributed by atoms with Crippen molar-refractivity contribution < 1.29 is 59.8 Å². The number of hydrogen-bond acceptors (Lipinski definition) is 12. The molecule has 2 spiro atoms. The quantitative estimate of drug-likeness (QED) is 0.191. The molecule has 7 rings (SSSR count). The Morgan fingerprint density at radius 3 is 1.37 bits per heavy atom. The Hall–Kier alpha value is -3.14. The van der Waals surface area contributed by atoms with E-state index in [1.165, 1.54) is 0 Å². The number of fused-ring (bicyclic) bond motifs is 2. The maximum atomic E-state index is 10.7. The number of aliphatic hydroxyl groups is 8. The average molecular weight is 639 g/mol. The van der Waals surface area contributed by atoms with Crippen molar-refractivity contribution >= 4 is 0 Å². The molecule has 0 saturated carbocycles. The minimum Gasteiger partial charge on any atom is -0.459 e. The average Bonchev–Trinajstić information content (AvgIpc) is 3.09. The van der Waals surface area contributed by atoms with Crippen molar-refractivity contribution in [2.75, 3.05) is 13.2 Å². The second-order valence-electron chi connectivity index (χ2n) is 12.6. The molecular weight excluding hydrogens is 600 g/mol. The predicted molar refractivity (Wildman–Crippen MR) is 161 cm³/mol. The molecule has 0 amide bonds. The van der Waals surface area contributed by atoms with Crippen LogP contribution in [0.2, 0.25) is 0 Å². The van der Waals surface area contributed by atoms with Crippen LogP contribution in [-0.2, 0) is 22.3 Å². The monoisotopic (exact) mass is 638 g/mol. The highest BCUT2D eigenvalue weighted by atomic mass is 16.7. The lowest BCUT2D eigenvalue weighted by Gasteiger charge is -2.49. The van der Waals surface area contributed by atoms with E-state index in [1.807, 2.05) is 42.5 Å². The fourth-order valence-corrected chi connectivity index (χ4v) is 7.08. The summed E-state index contributed by atoms with van der Waals surface area (Å²) in [5.74, 6) is -2.20. The van der Waals surface area contributed by atoms with E-state index in [2.05, 4.69) is 6.07 Å². The van der Waals surface area contributed by atoms with Gasteiger partial charge in [-0.3, -0.25) is 0 Å². The number of rotatable bonds is 4. The predicted octanol–water partition coefficient (Wildman–Crippen LogP) is 0.0108. The molecule has 0 radical (unpaired) electrons. The van der Waals surface area contributed by atoms with Crippen LogP contribution in [-0.4, -0.2) is 114 Å². The lowest BCUT2D eigenvalue weighted by molar-refractivity contribution is -0.342. The third kappa shape index (κ3) is 5.10. The Morgan fingerprint density at radius 2 is 0.957 bits per heavy atom. The SMILES string of the molecule is OC[C@H]1O[C@@]2(CCc3cc(-c4cccc(-c5ccc6c(c5)CC[C@]5(O6)O[C@H](CO)[C@@H](O)[C@H](O)[C@@H]5O)c4)ccc3O2)[C@@H](O)[C@@H](O)[C@@H]1O. The van der Waals surface area contributed by atoms with Gasteiger partial charge in [0, 0.05) is 12.8 Å². The number of aliphatic hydroxyl groups excluding tert-OH is 8. The molecule has 46 heavy (non-hydrogen) atoms. The van der Waals surface area contributed by atoms with Crippen LogP contribution in [0.15, 0.2) is 60.7 Å². The highest BCUT2D eigenvalue weighted by molar-refractivity contribution is 5.75. The maximum absolute atomic E-state index is 10.7. The molecule has 8 N–H and O–H groups in total. The van der Waals surface area contributed by atoms with Gasteiger partial charge in [-0.15, -0.1) is 0 Å². The first-order valence-corrected chi connectivity index (χ1v) is 15.5. The third-order valence-corrected chi connectivity index (χ3v) is 9.77. The van der Waals surface area contributed by atoms with Crippen molar-refractivity contribution in [1.29, 1.82) is 0 Å². The molecule has 2 fully saturated rings. The number of hydrogen-bond donors (Lipinski definition) is 8. The molecule has 4 aliphatic rings. The smallest absolute Gasteiger partial charge is 0.240 e. The molecule has 246 valence electrons. The molecular formula is C34H38O12. The second-order valence-corrected chi connectivity index (χ2v) is 12.6. The van der Waals surface area contributed by atoms with E-state index in [0.29, 0.717) is 24.3 Å². The molecule has 3 aromatic rings. The summed E-state index contributed by atoms with van der Waals surface area (Å²) in [6.45, 7) is -1.07. The topological polar surface area (TPSA) is 199 Å². The summed E-state index contributed by atoms with van der Waals surface area (Å²) < 4.78 is 23.8. The van der Waals surface area contributed by atoms with Crippen LogP contribution in [0.25, 0.3) is 22.3 Å². The summed E-state index contributed by atoms with van der Waals surface area (Å²) in [5, 5.41) is 81.7. The zero-order valence-corrected chi connectivity index (χ0v) is 24.8. The Kier molecular flexibility index (Phi) is 8.09. The van der Waals surface area contributed by atoms with Crippen LogP contribution < -0.4 is 9.47 Å². The van der Waals surface area contributed by atoms with Crippen molar-refractivity contribution in [3.05, 3.63) is 71.8 Å². The molecule has 4 heterocycles. The number of aryl methyl sites for hydroxylation is 2. The van der Waals surface area contributed by atoms with Crippen LogP contribution in [0, 0.1) is 0 Å². The van der Waals surface area contributed by atoms with E-state index in [9.17, 15) is 40.9 Å². The minimum atomic E-state index is -1.58. The van der Waals surface area contributed by atoms with Crippen LogP contribution in [0.5, 0.6) is 11.5 Å². The van der Waals surface area contributed by atoms with Gasteiger partial charge in [0.2, 0.25) is 11.6 Å². The van der Waals surface area contributed by atoms with Gasteiger partial charge in [0.15, 0.2) is 0 Å². The number of benzene rings is 3. The van der Waals surface area contributed by atoms with Gasteiger partial charge in [-0.2, -0.15) is 0 Å². The molecule has 0 unspecified atom stereocenters. The highest BCUT2D eigenvalue weighted by Gasteiger charge is 2.57. The third-order valence-electron chi connectivity index (χ3n) is 9.77. The van der Waals surface area contributed by atoms with Gasteiger partial charge in [0.1, 0.15) is 60.3 Å². The molecule has 4 aliphatic heterocycles. The van der Waals surface area contributed by atoms with Gasteiger partial charge in [-0.1, -0.05) is 30.3 Å². The lowest BCUT2D eigenvalue weighted by Crippen LogP contribution is -2.68. The van der Waals surface area contributed by atoms with Crippen LogP contribution >= 0.6 is 0 Å². The molecule has 12 heteroatoms. The summed E-state index contributed by atoms with van der Waals surface area (Å²) >= 11 is 0. The van der Waals surface area contributed by atoms with Gasteiger partial charge < -0.3 is 59.8 Å². The lowest BCUT2D eigenvalue weighted by atomic mass is 9.86. The Morgan fingerprint density at radius 1 is 0.543 bits per heavy atom. The van der Waals surface area contributed by atoms with Crippen molar-refractivity contribution in [3.8, 4) is 33.8 Å². The van der Waals surface area contributed by atoms with Crippen molar-refractivity contribution in [1.82, 2.24) is 0 Å². The summed E-state index contributed by atoms with van der Waals surface area (Å²) in [5.41, 5.74) is 5.59. The van der Waals surface area contributed by atoms with E-state index in [-0.39, 0.29) is 12.8 Å². The summed E-state index contributed by atoms with van der Waals surface area (Å²) in [6, 6.07) is 19.4. The summed E-state index contributed by atoms with van der Waals surface area (Å²) in [6.07, 6.45) is -9.74. The Labute approximate surface area is 264 Å². The summed E-state index contributed by atoms with van der Waals surface area (Å²) in [4.78, 5) is 0. The normalized spacial score (nSPS) is 36.9. The first-order chi connectivity index (χ1) is 22.1. The molecule has 0 aromatic heterocycles. The second kappa shape index (κ2) is 11.8. The van der Waals surface area contributed by atoms with Crippen LogP contribution in [0.1, 0.15) is 24.0 Å². The van der Waals surface area contributed by atoms with Gasteiger partial charge in [0.25, 0.3) is 0 Å². The Balaban J connectivity index is 1.11. The fraction of sp³-hybridized carbons (Fsp3) is 0.471. The van der Waals surface area contributed by atoms with Crippen molar-refractivity contribution in [2.24, 2.45) is 0 Å². The fourth-order valence-electron chi connectivity index (χ4n) is 7.08. The molecule has 3 aromatic carbocycles. The van der Waals surface area contributed by atoms with E-state index >= 15 is 0 Å². The van der Waals surface area contributed by atoms with Gasteiger partial charge >= 0.3 is 0 Å². The zero-order chi connectivity index (χ0) is 32.4. The number of ether oxygens (including phenoxy) is 4. The molecule has 0 aliphatic carbocycles. The molecule has 2 saturated heterocycles. The maximum Gasteiger partial charge on any atom is 0.240 e. The Bertz CT molecular complexity index is 1480. The highest BCUT2D eigenvalue weighted by Crippen LogP contribution is 2.44. The van der Waals surface area contributed by atoms with Crippen LogP contribution in [0.4, 0.5) is 0 Å². The summed E-state index contributed by atoms with van der Waals surface area (Å²) in [7, 11) is 0. The zero-order valence-electron chi connectivity index (χ0n) is 24.8. The van der Waals surface area contributed by atoms with Crippen LogP contribution in [0.3, 0.4) is 0 Å². The van der Waals surface area contributed by atoms with Gasteiger partial charge in [0.05, 0.1) is 13.2 Å². The van der Waals surface area contributed by atoms with Crippen molar-refractivity contribution in [2.45, 2.75) is 86.1 Å². The van der Waals surface area contributed by atoms with Crippen molar-refractivity contribution in [3.63, 3.8) is 0 Å². The first-order valence-electron chi connectivity index (χ1n) is 15.5. The molecule has 10 atom stereocenters. The standard InChI is InChI=1S/C34H38O12/c35-15-25-27(37)29(39)31(41)33(45-25)10-8-21-13-19(4-6-23(21)43-33)17-2-1-3-18(12-17)20-5-7-24-22(14-20)9-11-34(44-24)32(42)30(40)28(38)26(16-36)46-34/h1-7,12-14,25-32,35-42H,8-11,15-16H2/t25-,26-,27-,28-,29+,30+,31+,32+,33+,34+/m1/s1. The van der Waals surface area contributed by atoms with E-state index in [1.54, 1.807) is 12.1 Å².